The normalized spacial score (nSPS) is 49.3. The molecule has 86 valence electrons. The molecule has 2 atom stereocenters. The van der Waals surface area contributed by atoms with E-state index in [0.29, 0.717) is 17.8 Å². The molecule has 3 nitrogen and oxygen atoms in total. The third kappa shape index (κ3) is 1.45. The lowest BCUT2D eigenvalue weighted by Crippen LogP contribution is -2.48. The van der Waals surface area contributed by atoms with Gasteiger partial charge in [0.1, 0.15) is 0 Å². The zero-order valence-corrected chi connectivity index (χ0v) is 9.67. The van der Waals surface area contributed by atoms with Gasteiger partial charge in [-0.3, -0.25) is 4.55 Å². The van der Waals surface area contributed by atoms with Crippen molar-refractivity contribution in [2.45, 2.75) is 49.7 Å². The number of hydrogen-bond donors (Lipinski definition) is 1. The maximum atomic E-state index is 11.6. The Morgan fingerprint density at radius 2 is 1.40 bits per heavy atom. The van der Waals surface area contributed by atoms with Gasteiger partial charge in [0, 0.05) is 0 Å². The van der Waals surface area contributed by atoms with Crippen molar-refractivity contribution < 1.29 is 13.0 Å². The first kappa shape index (κ1) is 10.1. The third-order valence-corrected chi connectivity index (χ3v) is 6.44. The van der Waals surface area contributed by atoms with Gasteiger partial charge in [-0.15, -0.1) is 0 Å². The molecule has 4 rings (SSSR count). The minimum absolute atomic E-state index is 0.554. The van der Waals surface area contributed by atoms with E-state index in [1.807, 2.05) is 0 Å². The largest absolute Gasteiger partial charge is 0.285 e. The molecule has 0 aromatic rings. The van der Waals surface area contributed by atoms with Crippen LogP contribution >= 0.6 is 0 Å². The van der Waals surface area contributed by atoms with Crippen molar-refractivity contribution in [3.8, 4) is 0 Å². The highest BCUT2D eigenvalue weighted by molar-refractivity contribution is 7.87. The molecule has 0 spiro atoms. The van der Waals surface area contributed by atoms with Crippen LogP contribution in [0, 0.1) is 17.8 Å². The maximum Gasteiger partial charge on any atom is 0.270 e. The lowest BCUT2D eigenvalue weighted by Gasteiger charge is -2.45. The van der Waals surface area contributed by atoms with Gasteiger partial charge in [-0.2, -0.15) is 8.42 Å². The fourth-order valence-electron chi connectivity index (χ4n) is 4.43. The summed E-state index contributed by atoms with van der Waals surface area (Å²) in [5, 5.41) is 0. The van der Waals surface area contributed by atoms with E-state index >= 15 is 0 Å². The number of rotatable bonds is 1. The predicted molar refractivity (Wildman–Crippen MR) is 57.1 cm³/mol. The van der Waals surface area contributed by atoms with Crippen LogP contribution in [0.2, 0.25) is 0 Å². The van der Waals surface area contributed by atoms with Crippen molar-refractivity contribution in [1.82, 2.24) is 0 Å². The standard InChI is InChI=1S/C11H18O3S/c12-15(13,14)11-5-8-1-2-9(6-11)4-10(3-8)7-11/h8-10H,1-7H2,(H,12,13,14). The molecule has 0 amide bonds. The van der Waals surface area contributed by atoms with E-state index in [9.17, 15) is 13.0 Å². The third-order valence-electron chi connectivity index (χ3n) is 4.85. The molecule has 0 radical (unpaired) electrons. The van der Waals surface area contributed by atoms with E-state index in [1.165, 1.54) is 25.7 Å². The molecule has 0 heterocycles. The summed E-state index contributed by atoms with van der Waals surface area (Å²) in [6.07, 6.45) is 6.93. The second-order valence-electron chi connectivity index (χ2n) is 5.92. The first-order valence-corrected chi connectivity index (χ1v) is 7.39. The molecule has 4 bridgehead atoms. The van der Waals surface area contributed by atoms with Gasteiger partial charge >= 0.3 is 0 Å². The van der Waals surface area contributed by atoms with Crippen LogP contribution in [0.1, 0.15) is 44.9 Å². The topological polar surface area (TPSA) is 54.4 Å². The number of fused-ring (bicyclic) bond motifs is 1. The van der Waals surface area contributed by atoms with Gasteiger partial charge in [0.15, 0.2) is 0 Å². The molecule has 0 aromatic carbocycles. The molecule has 4 saturated carbocycles. The Morgan fingerprint density at radius 3 is 1.87 bits per heavy atom. The van der Waals surface area contributed by atoms with E-state index in [0.717, 1.165) is 19.3 Å². The summed E-state index contributed by atoms with van der Waals surface area (Å²) < 4.78 is 31.9. The Labute approximate surface area is 91.0 Å². The Bertz CT molecular complexity index is 357. The van der Waals surface area contributed by atoms with Gasteiger partial charge in [0.2, 0.25) is 0 Å². The first-order valence-electron chi connectivity index (χ1n) is 5.95. The molecule has 0 saturated heterocycles. The summed E-state index contributed by atoms with van der Waals surface area (Å²) in [5.74, 6) is 1.67. The molecule has 1 N–H and O–H groups in total. The van der Waals surface area contributed by atoms with Crippen LogP contribution in [-0.4, -0.2) is 17.7 Å². The van der Waals surface area contributed by atoms with Crippen molar-refractivity contribution in [2.24, 2.45) is 17.8 Å². The quantitative estimate of drug-likeness (QED) is 0.703. The maximum absolute atomic E-state index is 11.6. The van der Waals surface area contributed by atoms with Crippen LogP contribution in [0.5, 0.6) is 0 Å². The van der Waals surface area contributed by atoms with Crippen molar-refractivity contribution in [1.29, 1.82) is 0 Å². The zero-order chi connectivity index (χ0) is 10.7. The highest BCUT2D eigenvalue weighted by Gasteiger charge is 2.55. The smallest absolute Gasteiger partial charge is 0.270 e. The van der Waals surface area contributed by atoms with Crippen LogP contribution < -0.4 is 0 Å². The Hall–Kier alpha value is -0.0900. The summed E-state index contributed by atoms with van der Waals surface area (Å²) in [6, 6.07) is 0. The lowest BCUT2D eigenvalue weighted by atomic mass is 9.67. The van der Waals surface area contributed by atoms with E-state index in [-0.39, 0.29) is 0 Å². The molecule has 4 aliphatic carbocycles. The second kappa shape index (κ2) is 2.98. The van der Waals surface area contributed by atoms with Gasteiger partial charge in [-0.1, -0.05) is 12.8 Å². The van der Waals surface area contributed by atoms with E-state index in [2.05, 4.69) is 0 Å². The first-order chi connectivity index (χ1) is 6.98. The van der Waals surface area contributed by atoms with Crippen LogP contribution in [0.15, 0.2) is 0 Å². The van der Waals surface area contributed by atoms with E-state index in [4.69, 9.17) is 0 Å². The van der Waals surface area contributed by atoms with Gasteiger partial charge in [0.25, 0.3) is 10.1 Å². The zero-order valence-electron chi connectivity index (χ0n) is 8.85. The van der Waals surface area contributed by atoms with Crippen LogP contribution in [0.4, 0.5) is 0 Å². The van der Waals surface area contributed by atoms with E-state index < -0.39 is 14.9 Å². The Kier molecular flexibility index (Phi) is 2.00. The fraction of sp³-hybridized carbons (Fsp3) is 1.00. The fourth-order valence-corrected chi connectivity index (χ4v) is 5.77. The number of hydrogen-bond acceptors (Lipinski definition) is 2. The van der Waals surface area contributed by atoms with Crippen molar-refractivity contribution in [2.75, 3.05) is 0 Å². The predicted octanol–water partition coefficient (Wildman–Crippen LogP) is 2.23. The summed E-state index contributed by atoms with van der Waals surface area (Å²) in [5.41, 5.74) is 0. The van der Waals surface area contributed by atoms with Gasteiger partial charge in [-0.25, -0.2) is 0 Å². The molecule has 15 heavy (non-hydrogen) atoms. The molecule has 4 heteroatoms. The summed E-state index contributed by atoms with van der Waals surface area (Å²) >= 11 is 0. The molecule has 4 aliphatic rings. The second-order valence-corrected chi connectivity index (χ2v) is 7.73. The van der Waals surface area contributed by atoms with Crippen molar-refractivity contribution in [3.63, 3.8) is 0 Å². The van der Waals surface area contributed by atoms with Gasteiger partial charge < -0.3 is 0 Å². The average molecular weight is 230 g/mol. The monoisotopic (exact) mass is 230 g/mol. The molecule has 0 aromatic heterocycles. The average Bonchev–Trinajstić information content (AvgIpc) is 2.31. The van der Waals surface area contributed by atoms with Crippen LogP contribution in [0.3, 0.4) is 0 Å². The molecular formula is C11H18O3S. The minimum atomic E-state index is -3.85. The highest BCUT2D eigenvalue weighted by Crippen LogP contribution is 2.55. The lowest BCUT2D eigenvalue weighted by molar-refractivity contribution is 0.143. The van der Waals surface area contributed by atoms with Crippen LogP contribution in [0.25, 0.3) is 0 Å². The summed E-state index contributed by atoms with van der Waals surface area (Å²) in [6.45, 7) is 0. The molecular weight excluding hydrogens is 212 g/mol. The summed E-state index contributed by atoms with van der Waals surface area (Å²) in [7, 11) is -3.85. The molecule has 0 aliphatic heterocycles. The minimum Gasteiger partial charge on any atom is -0.285 e. The van der Waals surface area contributed by atoms with Crippen molar-refractivity contribution in [3.05, 3.63) is 0 Å². The van der Waals surface area contributed by atoms with Crippen LogP contribution in [-0.2, 0) is 10.1 Å². The SMILES string of the molecule is O=S(=O)(O)C12CC3CCC(CC(C3)C1)C2. The molecule has 2 unspecified atom stereocenters. The molecule has 4 fully saturated rings. The highest BCUT2D eigenvalue weighted by atomic mass is 32.2. The van der Waals surface area contributed by atoms with Gasteiger partial charge in [-0.05, 0) is 49.9 Å². The Balaban J connectivity index is 2.05. The van der Waals surface area contributed by atoms with Crippen molar-refractivity contribution >= 4 is 10.1 Å². The Morgan fingerprint density at radius 1 is 0.933 bits per heavy atom. The van der Waals surface area contributed by atoms with E-state index in [1.54, 1.807) is 0 Å². The summed E-state index contributed by atoms with van der Waals surface area (Å²) in [4.78, 5) is 0. The van der Waals surface area contributed by atoms with Gasteiger partial charge in [0.05, 0.1) is 4.75 Å².